The Morgan fingerprint density at radius 3 is 2.67 bits per heavy atom. The van der Waals surface area contributed by atoms with Crippen molar-refractivity contribution in [2.45, 2.75) is 0 Å². The summed E-state index contributed by atoms with van der Waals surface area (Å²) in [6.07, 6.45) is 2.66. The van der Waals surface area contributed by atoms with E-state index in [4.69, 9.17) is 0 Å². The first-order chi connectivity index (χ1) is 3.00. The molecule has 0 unspecified atom stereocenters. The third-order valence-electron chi connectivity index (χ3n) is 0.307. The summed E-state index contributed by atoms with van der Waals surface area (Å²) in [5.74, 6) is 0. The van der Waals surface area contributed by atoms with E-state index in [1.165, 1.54) is 12.5 Å². The van der Waals surface area contributed by atoms with Crippen LogP contribution in [0.5, 0.6) is 0 Å². The lowest BCUT2D eigenvalue weighted by atomic mass is 11.0. The third-order valence-corrected chi connectivity index (χ3v) is 0.307. The van der Waals surface area contributed by atoms with Crippen LogP contribution in [0.3, 0.4) is 0 Å². The molecule has 1 rings (SSSR count). The van der Waals surface area contributed by atoms with E-state index in [1.54, 1.807) is 0 Å². The maximum Gasteiger partial charge on any atom is 0.165 e. The predicted molar refractivity (Wildman–Crippen MR) is 16.2 cm³/mol. The summed E-state index contributed by atoms with van der Waals surface area (Å²) in [7, 11) is 0. The molecule has 0 saturated heterocycles. The highest BCUT2D eigenvalue weighted by molar-refractivity contribution is 4.65. The molecule has 0 N–H and O–H groups in total. The smallest absolute Gasteiger partial charge is 0.165 e. The van der Waals surface area contributed by atoms with Crippen molar-refractivity contribution in [1.82, 2.24) is 0 Å². The molecule has 0 saturated carbocycles. The van der Waals surface area contributed by atoms with Crippen molar-refractivity contribution in [2.75, 3.05) is 0 Å². The van der Waals surface area contributed by atoms with Crippen LogP contribution in [0.15, 0.2) is 22.9 Å². The average molecular weight is 86.1 g/mol. The summed E-state index contributed by atoms with van der Waals surface area (Å²) < 4.78 is 0. The molecular weight excluding hydrogens is 84.0 g/mol. The Morgan fingerprint density at radius 2 is 2.50 bits per heavy atom. The normalized spacial score (nSPS) is 16.0. The van der Waals surface area contributed by atoms with Gasteiger partial charge in [0.05, 0.1) is 11.5 Å². The Morgan fingerprint density at radius 1 is 1.50 bits per heavy atom. The van der Waals surface area contributed by atoms with Gasteiger partial charge in [-0.25, -0.2) is 0 Å². The monoisotopic (exact) mass is 86.0 g/mol. The molecule has 0 atom stereocenters. The van der Waals surface area contributed by atoms with Gasteiger partial charge in [-0.2, -0.15) is 0 Å². The quantitative estimate of drug-likeness (QED) is 0.409. The molecule has 0 radical (unpaired) electrons. The summed E-state index contributed by atoms with van der Waals surface area (Å²) in [4.78, 5) is 8.07. The Labute approximate surface area is 34.0 Å². The average Bonchev–Trinajstić information content (AvgIpc) is 1.72. The van der Waals surface area contributed by atoms with Crippen molar-refractivity contribution in [1.29, 1.82) is 0 Å². The van der Waals surface area contributed by atoms with Crippen molar-refractivity contribution < 1.29 is 9.88 Å². The van der Waals surface area contributed by atoms with Crippen LogP contribution in [0.25, 0.3) is 0 Å². The van der Waals surface area contributed by atoms with Gasteiger partial charge in [0.2, 0.25) is 0 Å². The summed E-state index contributed by atoms with van der Waals surface area (Å²) in [5.41, 5.74) is 0. The first-order valence-electron chi connectivity index (χ1n) is 1.38. The van der Waals surface area contributed by atoms with E-state index in [9.17, 15) is 0 Å². The first kappa shape index (κ1) is 3.14. The molecule has 0 aliphatic carbocycles. The van der Waals surface area contributed by atoms with Gasteiger partial charge in [0.1, 0.15) is 0 Å². The zero-order chi connectivity index (χ0) is 4.24. The van der Waals surface area contributed by atoms with E-state index >= 15 is 0 Å². The van der Waals surface area contributed by atoms with Crippen LogP contribution in [0.2, 0.25) is 0 Å². The molecule has 32 valence electrons. The second kappa shape index (κ2) is 1.40. The second-order valence-corrected chi connectivity index (χ2v) is 0.653. The highest BCUT2D eigenvalue weighted by Crippen LogP contribution is 1.90. The molecular formula is C2H2N2O2. The standard InChI is InChI=1S/C2H2N2O2/c1-2-5-6-4-3-1/h1-2H. The van der Waals surface area contributed by atoms with Crippen molar-refractivity contribution >= 4 is 0 Å². The van der Waals surface area contributed by atoms with Gasteiger partial charge in [0.15, 0.2) is 6.26 Å². The summed E-state index contributed by atoms with van der Waals surface area (Å²) >= 11 is 0. The molecule has 0 aromatic heterocycles. The van der Waals surface area contributed by atoms with Gasteiger partial charge < -0.3 is 0 Å². The van der Waals surface area contributed by atoms with Gasteiger partial charge in [0, 0.05) is 0 Å². The van der Waals surface area contributed by atoms with Crippen LogP contribution in [-0.4, -0.2) is 0 Å². The van der Waals surface area contributed by atoms with E-state index in [2.05, 4.69) is 20.3 Å². The fourth-order valence-corrected chi connectivity index (χ4v) is 0.143. The largest absolute Gasteiger partial charge is 0.272 e. The first-order valence-corrected chi connectivity index (χ1v) is 1.38. The fraction of sp³-hybridized carbons (Fsp3) is 0. The highest BCUT2D eigenvalue weighted by Gasteiger charge is 1.78. The van der Waals surface area contributed by atoms with Crippen LogP contribution >= 0.6 is 0 Å². The number of hydrogen-bond acceptors (Lipinski definition) is 4. The number of hydrogen-bond donors (Lipinski definition) is 0. The molecule has 0 aromatic rings. The zero-order valence-electron chi connectivity index (χ0n) is 2.87. The fourth-order valence-electron chi connectivity index (χ4n) is 0.143. The molecule has 1 heterocycles. The molecule has 0 amide bonds. The van der Waals surface area contributed by atoms with Crippen molar-refractivity contribution in [3.8, 4) is 0 Å². The van der Waals surface area contributed by atoms with Gasteiger partial charge in [-0.1, -0.05) is 0 Å². The third kappa shape index (κ3) is 0.453. The van der Waals surface area contributed by atoms with E-state index in [0.717, 1.165) is 0 Å². The highest BCUT2D eigenvalue weighted by atomic mass is 17.3. The van der Waals surface area contributed by atoms with E-state index in [1.807, 2.05) is 0 Å². The topological polar surface area (TPSA) is 43.2 Å². The molecule has 1 aliphatic heterocycles. The van der Waals surface area contributed by atoms with E-state index < -0.39 is 0 Å². The van der Waals surface area contributed by atoms with Crippen LogP contribution in [0.4, 0.5) is 0 Å². The molecule has 6 heavy (non-hydrogen) atoms. The van der Waals surface area contributed by atoms with Crippen molar-refractivity contribution in [2.24, 2.45) is 10.4 Å². The SMILES string of the molecule is C1=COON=N1. The van der Waals surface area contributed by atoms with Crippen molar-refractivity contribution in [3.63, 3.8) is 0 Å². The van der Waals surface area contributed by atoms with Crippen LogP contribution in [0, 0.1) is 0 Å². The molecule has 4 nitrogen and oxygen atoms in total. The lowest BCUT2D eigenvalue weighted by Crippen LogP contribution is -1.77. The van der Waals surface area contributed by atoms with Crippen LogP contribution in [0.1, 0.15) is 0 Å². The molecule has 0 aromatic carbocycles. The number of rotatable bonds is 0. The van der Waals surface area contributed by atoms with Crippen molar-refractivity contribution in [3.05, 3.63) is 12.5 Å². The molecule has 4 heteroatoms. The minimum atomic E-state index is 1.28. The van der Waals surface area contributed by atoms with E-state index in [-0.39, 0.29) is 0 Å². The molecule has 0 spiro atoms. The minimum Gasteiger partial charge on any atom is -0.272 e. The van der Waals surface area contributed by atoms with Crippen LogP contribution < -0.4 is 0 Å². The Bertz CT molecular complexity index is 75.5. The number of nitrogens with zero attached hydrogens (tertiary/aromatic N) is 2. The maximum absolute atomic E-state index is 4.13. The summed E-state index contributed by atoms with van der Waals surface area (Å²) in [5, 5.41) is 6.27. The van der Waals surface area contributed by atoms with E-state index in [0.29, 0.717) is 0 Å². The Hall–Kier alpha value is -1.06. The maximum atomic E-state index is 4.13. The Kier molecular flexibility index (Phi) is 0.731. The van der Waals surface area contributed by atoms with Gasteiger partial charge >= 0.3 is 0 Å². The van der Waals surface area contributed by atoms with Crippen LogP contribution in [-0.2, 0) is 9.88 Å². The van der Waals surface area contributed by atoms with Gasteiger partial charge in [-0.15, -0.1) is 10.1 Å². The lowest BCUT2D eigenvalue weighted by Gasteiger charge is -1.90. The molecule has 0 bridgehead atoms. The van der Waals surface area contributed by atoms with Gasteiger partial charge in [-0.05, 0) is 0 Å². The Balaban J connectivity index is 2.46. The van der Waals surface area contributed by atoms with Gasteiger partial charge in [0.25, 0.3) is 0 Å². The molecule has 1 aliphatic rings. The minimum absolute atomic E-state index is 1.28. The molecule has 0 fully saturated rings. The zero-order valence-corrected chi connectivity index (χ0v) is 2.87. The predicted octanol–water partition coefficient (Wildman–Crippen LogP) is 0.787. The van der Waals surface area contributed by atoms with Gasteiger partial charge in [-0.3, -0.25) is 4.89 Å². The second-order valence-electron chi connectivity index (χ2n) is 0.653. The summed E-state index contributed by atoms with van der Waals surface area (Å²) in [6.45, 7) is 0. The summed E-state index contributed by atoms with van der Waals surface area (Å²) in [6, 6.07) is 0. The lowest BCUT2D eigenvalue weighted by molar-refractivity contribution is -0.262.